The number of unbranched alkanes of at least 4 members (excludes halogenated alkanes) is 1. The molecular formula is C17H37BO6Si2. The Hall–Kier alpha value is 0.259. The van der Waals surface area contributed by atoms with Gasteiger partial charge in [0.05, 0.1) is 12.7 Å². The van der Waals surface area contributed by atoms with Crippen LogP contribution in [0.1, 0.15) is 19.8 Å². The quantitative estimate of drug-likeness (QED) is 0.577. The fourth-order valence-corrected chi connectivity index (χ4v) is 5.53. The van der Waals surface area contributed by atoms with Gasteiger partial charge in [-0.3, -0.25) is 0 Å². The lowest BCUT2D eigenvalue weighted by Gasteiger charge is -2.51. The predicted molar refractivity (Wildman–Crippen MR) is 108 cm³/mol. The zero-order valence-corrected chi connectivity index (χ0v) is 19.7. The van der Waals surface area contributed by atoms with E-state index >= 15 is 0 Å². The van der Waals surface area contributed by atoms with Gasteiger partial charge in [0.2, 0.25) is 0 Å². The maximum atomic E-state index is 6.59. The molecule has 0 unspecified atom stereocenters. The Bertz CT molecular complexity index is 442. The summed E-state index contributed by atoms with van der Waals surface area (Å²) >= 11 is 0. The summed E-state index contributed by atoms with van der Waals surface area (Å²) in [6.07, 6.45) is 1.75. The molecule has 0 saturated carbocycles. The summed E-state index contributed by atoms with van der Waals surface area (Å²) < 4.78 is 37.0. The highest BCUT2D eigenvalue weighted by atomic mass is 28.4. The summed E-state index contributed by atoms with van der Waals surface area (Å²) in [5.74, 6) is 0. The molecule has 2 rings (SSSR count). The van der Waals surface area contributed by atoms with Crippen LogP contribution >= 0.6 is 0 Å². The minimum Gasteiger partial charge on any atom is -0.409 e. The molecule has 0 spiro atoms. The molecule has 0 aromatic carbocycles. The van der Waals surface area contributed by atoms with E-state index in [1.165, 1.54) is 0 Å². The molecule has 2 fully saturated rings. The second-order valence-corrected chi connectivity index (χ2v) is 18.1. The van der Waals surface area contributed by atoms with Crippen molar-refractivity contribution < 1.29 is 27.6 Å². The van der Waals surface area contributed by atoms with E-state index in [4.69, 9.17) is 27.6 Å². The molecule has 5 atom stereocenters. The van der Waals surface area contributed by atoms with Gasteiger partial charge >= 0.3 is 7.12 Å². The van der Waals surface area contributed by atoms with E-state index in [1.807, 2.05) is 0 Å². The van der Waals surface area contributed by atoms with Gasteiger partial charge < -0.3 is 27.6 Å². The van der Waals surface area contributed by atoms with Crippen molar-refractivity contribution in [3.05, 3.63) is 0 Å². The van der Waals surface area contributed by atoms with Crippen molar-refractivity contribution >= 4 is 23.8 Å². The van der Waals surface area contributed by atoms with Gasteiger partial charge in [0.15, 0.2) is 22.9 Å². The van der Waals surface area contributed by atoms with Crippen LogP contribution in [0.5, 0.6) is 0 Å². The summed E-state index contributed by atoms with van der Waals surface area (Å²) in [7, 11) is -2.19. The van der Waals surface area contributed by atoms with Crippen molar-refractivity contribution in [2.75, 3.05) is 13.7 Å². The van der Waals surface area contributed by atoms with Crippen molar-refractivity contribution in [1.82, 2.24) is 0 Å². The molecule has 152 valence electrons. The van der Waals surface area contributed by atoms with E-state index in [0.29, 0.717) is 6.61 Å². The molecule has 2 aliphatic rings. The van der Waals surface area contributed by atoms with Crippen LogP contribution < -0.4 is 0 Å². The maximum absolute atomic E-state index is 6.59. The largest absolute Gasteiger partial charge is 0.457 e. The number of fused-ring (bicyclic) bond motifs is 1. The Morgan fingerprint density at radius 2 is 1.62 bits per heavy atom. The highest BCUT2D eigenvalue weighted by Gasteiger charge is 2.53. The zero-order chi connectivity index (χ0) is 19.5. The first-order valence-electron chi connectivity index (χ1n) is 9.85. The Balaban J connectivity index is 2.24. The summed E-state index contributed by atoms with van der Waals surface area (Å²) in [6.45, 7) is 15.8. The van der Waals surface area contributed by atoms with Gasteiger partial charge in [0.25, 0.3) is 0 Å². The van der Waals surface area contributed by atoms with E-state index in [0.717, 1.165) is 19.2 Å². The van der Waals surface area contributed by atoms with Crippen LogP contribution in [0.25, 0.3) is 0 Å². The molecule has 0 amide bonds. The molecule has 26 heavy (non-hydrogen) atoms. The third kappa shape index (κ3) is 6.41. The number of rotatable bonds is 8. The molecule has 2 heterocycles. The highest BCUT2D eigenvalue weighted by Crippen LogP contribution is 2.35. The lowest BCUT2D eigenvalue weighted by Crippen LogP contribution is -2.67. The third-order valence-electron chi connectivity index (χ3n) is 4.35. The second kappa shape index (κ2) is 9.17. The predicted octanol–water partition coefficient (Wildman–Crippen LogP) is 3.50. The number of hydrogen-bond acceptors (Lipinski definition) is 6. The molecule has 0 bridgehead atoms. The standard InChI is InChI=1S/C17H37BO6Si2/c1-9-10-11-18-20-12-13-14(22-18)15(23-25(3,4)5)16(17(19-2)21-13)24-26(6,7)8/h13-17H,9-12H2,1-8H3/t13-,14+,15+,16-,17+/m1/s1. The Kier molecular flexibility index (Phi) is 7.95. The second-order valence-electron chi connectivity index (χ2n) is 9.17. The van der Waals surface area contributed by atoms with Crippen LogP contribution in [0.4, 0.5) is 0 Å². The minimum absolute atomic E-state index is 0.190. The molecule has 0 aromatic rings. The van der Waals surface area contributed by atoms with Crippen molar-refractivity contribution in [3.63, 3.8) is 0 Å². The zero-order valence-electron chi connectivity index (χ0n) is 17.7. The third-order valence-corrected chi connectivity index (χ3v) is 6.31. The van der Waals surface area contributed by atoms with Gasteiger partial charge in [0.1, 0.15) is 18.3 Å². The summed E-state index contributed by atoms with van der Waals surface area (Å²) in [6, 6.07) is 0. The molecule has 2 aliphatic heterocycles. The maximum Gasteiger partial charge on any atom is 0.457 e. The molecule has 6 nitrogen and oxygen atoms in total. The first-order chi connectivity index (χ1) is 12.0. The van der Waals surface area contributed by atoms with E-state index in [2.05, 4.69) is 46.2 Å². The van der Waals surface area contributed by atoms with Gasteiger partial charge in [-0.05, 0) is 45.6 Å². The lowest BCUT2D eigenvalue weighted by atomic mass is 9.79. The molecule has 9 heteroatoms. The van der Waals surface area contributed by atoms with Gasteiger partial charge in [-0.25, -0.2) is 0 Å². The van der Waals surface area contributed by atoms with Gasteiger partial charge in [0, 0.05) is 7.11 Å². The van der Waals surface area contributed by atoms with E-state index in [9.17, 15) is 0 Å². The van der Waals surface area contributed by atoms with Crippen molar-refractivity contribution in [3.8, 4) is 0 Å². The van der Waals surface area contributed by atoms with E-state index < -0.39 is 22.9 Å². The Morgan fingerprint density at radius 3 is 2.15 bits per heavy atom. The normalized spacial score (nSPS) is 33.2. The summed E-state index contributed by atoms with van der Waals surface area (Å²) in [4.78, 5) is 0. The summed E-state index contributed by atoms with van der Waals surface area (Å²) in [5, 5.41) is 0. The molecule has 0 aliphatic carbocycles. The monoisotopic (exact) mass is 404 g/mol. The summed E-state index contributed by atoms with van der Waals surface area (Å²) in [5.41, 5.74) is 0. The number of ether oxygens (including phenoxy) is 2. The van der Waals surface area contributed by atoms with Gasteiger partial charge in [-0.2, -0.15) is 0 Å². The number of methoxy groups -OCH3 is 1. The first-order valence-corrected chi connectivity index (χ1v) is 16.7. The van der Waals surface area contributed by atoms with Crippen LogP contribution in [-0.4, -0.2) is 68.2 Å². The van der Waals surface area contributed by atoms with Crippen LogP contribution in [0.15, 0.2) is 0 Å². The van der Waals surface area contributed by atoms with Crippen LogP contribution in [-0.2, 0) is 27.6 Å². The average molecular weight is 404 g/mol. The van der Waals surface area contributed by atoms with Gasteiger partial charge in [-0.1, -0.05) is 19.8 Å². The average Bonchev–Trinajstić information content (AvgIpc) is 2.52. The van der Waals surface area contributed by atoms with E-state index in [1.54, 1.807) is 7.11 Å². The molecule has 0 N–H and O–H groups in total. The Morgan fingerprint density at radius 1 is 1.00 bits per heavy atom. The fraction of sp³-hybridized carbons (Fsp3) is 1.00. The molecule has 0 aromatic heterocycles. The minimum atomic E-state index is -1.83. The van der Waals surface area contributed by atoms with Crippen LogP contribution in [0, 0.1) is 0 Å². The van der Waals surface area contributed by atoms with Crippen molar-refractivity contribution in [2.45, 2.75) is 96.1 Å². The highest BCUT2D eigenvalue weighted by molar-refractivity contribution is 6.70. The first kappa shape index (κ1) is 22.5. The van der Waals surface area contributed by atoms with E-state index in [-0.39, 0.29) is 31.5 Å². The Labute approximate surface area is 161 Å². The molecule has 2 saturated heterocycles. The molecule has 0 radical (unpaired) electrons. The SMILES string of the molecule is CCCCB1OC[C@H]2O[C@H](OC)[C@H](O[Si](C)(C)C)[C@@H](O[Si](C)(C)C)[C@H]2O1. The number of hydrogen-bond donors (Lipinski definition) is 0. The molecular weight excluding hydrogens is 367 g/mol. The van der Waals surface area contributed by atoms with Crippen LogP contribution in [0.2, 0.25) is 45.6 Å². The van der Waals surface area contributed by atoms with Gasteiger partial charge in [-0.15, -0.1) is 0 Å². The van der Waals surface area contributed by atoms with Crippen molar-refractivity contribution in [1.29, 1.82) is 0 Å². The van der Waals surface area contributed by atoms with Crippen LogP contribution in [0.3, 0.4) is 0 Å². The smallest absolute Gasteiger partial charge is 0.409 e. The topological polar surface area (TPSA) is 55.4 Å². The van der Waals surface area contributed by atoms with Crippen molar-refractivity contribution in [2.24, 2.45) is 0 Å². The fourth-order valence-electron chi connectivity index (χ4n) is 3.38. The lowest BCUT2D eigenvalue weighted by molar-refractivity contribution is -0.292.